The van der Waals surface area contributed by atoms with E-state index in [2.05, 4.69) is 19.9 Å². The molecule has 0 radical (unpaired) electrons. The number of nitrogen functional groups attached to an aromatic ring is 1. The van der Waals surface area contributed by atoms with Gasteiger partial charge in [-0.1, -0.05) is 0 Å². The molecule has 0 saturated heterocycles. The summed E-state index contributed by atoms with van der Waals surface area (Å²) in [6.45, 7) is 1.72. The lowest BCUT2D eigenvalue weighted by Crippen LogP contribution is -2.15. The number of rotatable bonds is 3. The molecule has 0 amide bonds. The minimum absolute atomic E-state index is 0.180. The smallest absolute Gasteiger partial charge is 0.251 e. The topological polar surface area (TPSA) is 121 Å². The third kappa shape index (κ3) is 2.72. The third-order valence-electron chi connectivity index (χ3n) is 1.96. The number of nitrogens with two attached hydrogens (primary N) is 1. The Morgan fingerprint density at radius 2 is 2.17 bits per heavy atom. The van der Waals surface area contributed by atoms with Crippen LogP contribution in [0.1, 0.15) is 11.4 Å². The van der Waals surface area contributed by atoms with Gasteiger partial charge in [-0.15, -0.1) is 0 Å². The van der Waals surface area contributed by atoms with Crippen LogP contribution in [-0.4, -0.2) is 25.8 Å². The normalized spacial score (nSPS) is 10.3. The fourth-order valence-electron chi connectivity index (χ4n) is 1.28. The van der Waals surface area contributed by atoms with Crippen LogP contribution in [-0.2, 0) is 0 Å². The molecule has 18 heavy (non-hydrogen) atoms. The van der Waals surface area contributed by atoms with Gasteiger partial charge in [0.05, 0.1) is 0 Å². The van der Waals surface area contributed by atoms with E-state index in [1.807, 2.05) is 0 Å². The molecule has 0 saturated carbocycles. The third-order valence-corrected chi connectivity index (χ3v) is 2.84. The standard InChI is InChI=1S/C10H10N6OS/c1-5-4-6(17)16-10(15-5)18-9-7(8(11)12)13-2-3-14-9/h2-4H,1H3,(H3,11,12)(H,15,16,17). The van der Waals surface area contributed by atoms with Crippen molar-refractivity contribution in [3.8, 4) is 0 Å². The first-order chi connectivity index (χ1) is 8.56. The number of H-pyrrole nitrogens is 1. The van der Waals surface area contributed by atoms with E-state index in [-0.39, 0.29) is 17.1 Å². The van der Waals surface area contributed by atoms with Gasteiger partial charge in [0.1, 0.15) is 16.6 Å². The Labute approximate surface area is 106 Å². The molecule has 0 aliphatic carbocycles. The van der Waals surface area contributed by atoms with E-state index >= 15 is 0 Å². The van der Waals surface area contributed by atoms with Crippen LogP contribution in [0, 0.1) is 12.3 Å². The van der Waals surface area contributed by atoms with Gasteiger partial charge in [0.2, 0.25) is 0 Å². The predicted molar refractivity (Wildman–Crippen MR) is 66.8 cm³/mol. The van der Waals surface area contributed by atoms with Crippen molar-refractivity contribution in [2.45, 2.75) is 17.1 Å². The first-order valence-corrected chi connectivity index (χ1v) is 5.79. The highest BCUT2D eigenvalue weighted by Crippen LogP contribution is 2.23. The molecule has 2 rings (SSSR count). The van der Waals surface area contributed by atoms with E-state index in [4.69, 9.17) is 11.1 Å². The number of hydrogen-bond acceptors (Lipinski definition) is 6. The number of amidine groups is 1. The maximum atomic E-state index is 11.3. The molecular weight excluding hydrogens is 252 g/mol. The molecule has 0 spiro atoms. The number of aromatic amines is 1. The molecule has 0 fully saturated rings. The molecule has 92 valence electrons. The minimum Gasteiger partial charge on any atom is -0.382 e. The van der Waals surface area contributed by atoms with Crippen molar-refractivity contribution >= 4 is 17.6 Å². The number of aryl methyl sites for hydroxylation is 1. The van der Waals surface area contributed by atoms with Crippen molar-refractivity contribution in [3.63, 3.8) is 0 Å². The molecule has 0 aromatic carbocycles. The van der Waals surface area contributed by atoms with Crippen molar-refractivity contribution in [3.05, 3.63) is 40.2 Å². The van der Waals surface area contributed by atoms with Gasteiger partial charge in [0.15, 0.2) is 5.16 Å². The number of nitrogens with zero attached hydrogens (tertiary/aromatic N) is 3. The van der Waals surface area contributed by atoms with Gasteiger partial charge in [-0.05, 0) is 18.7 Å². The molecule has 0 aliphatic rings. The van der Waals surface area contributed by atoms with Crippen LogP contribution in [0.5, 0.6) is 0 Å². The molecule has 0 bridgehead atoms. The highest BCUT2D eigenvalue weighted by atomic mass is 32.2. The molecule has 7 nitrogen and oxygen atoms in total. The van der Waals surface area contributed by atoms with E-state index in [1.54, 1.807) is 6.92 Å². The summed E-state index contributed by atoms with van der Waals surface area (Å²) in [6, 6.07) is 1.40. The Morgan fingerprint density at radius 3 is 2.83 bits per heavy atom. The van der Waals surface area contributed by atoms with Crippen LogP contribution in [0.15, 0.2) is 33.4 Å². The second-order valence-electron chi connectivity index (χ2n) is 3.42. The van der Waals surface area contributed by atoms with Crippen molar-refractivity contribution in [2.75, 3.05) is 0 Å². The highest BCUT2D eigenvalue weighted by molar-refractivity contribution is 7.99. The number of hydrogen-bond donors (Lipinski definition) is 3. The summed E-state index contributed by atoms with van der Waals surface area (Å²) in [5.41, 5.74) is 6.04. The second-order valence-corrected chi connectivity index (χ2v) is 4.40. The van der Waals surface area contributed by atoms with Crippen LogP contribution in [0.25, 0.3) is 0 Å². The summed E-state index contributed by atoms with van der Waals surface area (Å²) < 4.78 is 0. The van der Waals surface area contributed by atoms with Crippen LogP contribution in [0.2, 0.25) is 0 Å². The summed E-state index contributed by atoms with van der Waals surface area (Å²) in [4.78, 5) is 26.1. The second kappa shape index (κ2) is 4.96. The largest absolute Gasteiger partial charge is 0.382 e. The summed E-state index contributed by atoms with van der Waals surface area (Å²) >= 11 is 1.11. The summed E-state index contributed by atoms with van der Waals surface area (Å²) in [5.74, 6) is -0.180. The number of nitrogens with one attached hydrogen (secondary N) is 2. The lowest BCUT2D eigenvalue weighted by atomic mass is 10.4. The van der Waals surface area contributed by atoms with E-state index in [0.29, 0.717) is 15.9 Å². The predicted octanol–water partition coefficient (Wildman–Crippen LogP) is 0.304. The average Bonchev–Trinajstić information content (AvgIpc) is 2.27. The van der Waals surface area contributed by atoms with Crippen LogP contribution in [0.4, 0.5) is 0 Å². The maximum absolute atomic E-state index is 11.3. The molecule has 4 N–H and O–H groups in total. The molecule has 0 unspecified atom stereocenters. The molecule has 8 heteroatoms. The maximum Gasteiger partial charge on any atom is 0.251 e. The van der Waals surface area contributed by atoms with Crippen molar-refractivity contribution in [1.82, 2.24) is 19.9 Å². The molecular formula is C10H10N6OS. The summed E-state index contributed by atoms with van der Waals surface area (Å²) in [7, 11) is 0. The zero-order chi connectivity index (χ0) is 13.1. The molecule has 0 atom stereocenters. The Kier molecular flexibility index (Phi) is 3.38. The van der Waals surface area contributed by atoms with E-state index < -0.39 is 0 Å². The van der Waals surface area contributed by atoms with Gasteiger partial charge in [-0.2, -0.15) is 0 Å². The minimum atomic E-state index is -0.238. The quantitative estimate of drug-likeness (QED) is 0.415. The zero-order valence-electron chi connectivity index (χ0n) is 9.47. The van der Waals surface area contributed by atoms with Gasteiger partial charge in [-0.3, -0.25) is 10.2 Å². The van der Waals surface area contributed by atoms with Crippen molar-refractivity contribution in [1.29, 1.82) is 5.41 Å². The Hall–Kier alpha value is -2.22. The van der Waals surface area contributed by atoms with Crippen molar-refractivity contribution in [2.24, 2.45) is 5.73 Å². The first-order valence-electron chi connectivity index (χ1n) is 4.97. The van der Waals surface area contributed by atoms with Crippen LogP contribution in [0.3, 0.4) is 0 Å². The average molecular weight is 262 g/mol. The number of aromatic nitrogens is 4. The van der Waals surface area contributed by atoms with Gasteiger partial charge < -0.3 is 10.7 Å². The summed E-state index contributed by atoms with van der Waals surface area (Å²) in [5, 5.41) is 8.22. The van der Waals surface area contributed by atoms with Gasteiger partial charge in [-0.25, -0.2) is 15.0 Å². The van der Waals surface area contributed by atoms with Gasteiger partial charge >= 0.3 is 0 Å². The van der Waals surface area contributed by atoms with Crippen molar-refractivity contribution < 1.29 is 0 Å². The highest BCUT2D eigenvalue weighted by Gasteiger charge is 2.11. The zero-order valence-corrected chi connectivity index (χ0v) is 10.3. The lowest BCUT2D eigenvalue weighted by Gasteiger charge is -2.04. The first kappa shape index (κ1) is 12.2. The van der Waals surface area contributed by atoms with E-state index in [9.17, 15) is 4.79 Å². The molecule has 2 aromatic rings. The van der Waals surface area contributed by atoms with Gasteiger partial charge in [0.25, 0.3) is 5.56 Å². The monoisotopic (exact) mass is 262 g/mol. The molecule has 2 heterocycles. The summed E-state index contributed by atoms with van der Waals surface area (Å²) in [6.07, 6.45) is 2.94. The van der Waals surface area contributed by atoms with Crippen LogP contribution < -0.4 is 11.3 Å². The SMILES string of the molecule is Cc1cc(=O)[nH]c(Sc2nccnc2C(=N)N)n1. The van der Waals surface area contributed by atoms with Gasteiger partial charge in [0, 0.05) is 24.2 Å². The molecule has 2 aromatic heterocycles. The Morgan fingerprint density at radius 1 is 1.44 bits per heavy atom. The Balaban J connectivity index is 2.40. The fourth-order valence-corrected chi connectivity index (χ4v) is 2.17. The molecule has 0 aliphatic heterocycles. The van der Waals surface area contributed by atoms with E-state index in [0.717, 1.165) is 11.8 Å². The Bertz CT molecular complexity index is 653. The van der Waals surface area contributed by atoms with Crippen LogP contribution >= 0.6 is 11.8 Å². The fraction of sp³-hybridized carbons (Fsp3) is 0.100. The van der Waals surface area contributed by atoms with E-state index in [1.165, 1.54) is 18.5 Å². The lowest BCUT2D eigenvalue weighted by molar-refractivity contribution is 0.898.